The number of halogens is 1. The molecule has 1 rings (SSSR count). The lowest BCUT2D eigenvalue weighted by Gasteiger charge is -2.05. The Hall–Kier alpha value is -1.02. The quantitative estimate of drug-likeness (QED) is 0.393. The van der Waals surface area contributed by atoms with Crippen molar-refractivity contribution in [1.29, 1.82) is 0 Å². The SMILES string of the molecule is N[C@H](Cc1ccc([N+](=O)[O-])cc1)C(=O)I. The molecule has 0 amide bonds. The maximum atomic E-state index is 10.9. The van der Waals surface area contributed by atoms with Crippen LogP contribution in [0.25, 0.3) is 0 Å². The van der Waals surface area contributed by atoms with Crippen LogP contribution in [-0.2, 0) is 11.2 Å². The number of carbonyl (C=O) groups excluding carboxylic acids is 1. The van der Waals surface area contributed by atoms with Gasteiger partial charge in [0.25, 0.3) is 5.69 Å². The first kappa shape index (κ1) is 12.1. The number of hydrogen-bond donors (Lipinski definition) is 1. The second kappa shape index (κ2) is 5.17. The van der Waals surface area contributed by atoms with Crippen LogP contribution in [-0.4, -0.2) is 14.8 Å². The second-order valence-corrected chi connectivity index (χ2v) is 4.10. The minimum absolute atomic E-state index is 0.0353. The highest BCUT2D eigenvalue weighted by atomic mass is 127. The summed E-state index contributed by atoms with van der Waals surface area (Å²) >= 11 is 1.64. The molecule has 1 aromatic carbocycles. The van der Waals surface area contributed by atoms with E-state index < -0.39 is 11.0 Å². The van der Waals surface area contributed by atoms with Crippen molar-refractivity contribution >= 4 is 32.1 Å². The molecule has 80 valence electrons. The van der Waals surface area contributed by atoms with Crippen LogP contribution < -0.4 is 5.73 Å². The van der Waals surface area contributed by atoms with E-state index in [9.17, 15) is 14.9 Å². The standard InChI is InChI=1S/C9H9IN2O3/c10-9(13)8(11)5-6-1-3-7(4-2-6)12(14)15/h1-4,8H,5,11H2/t8-/m1/s1. The number of carbonyl (C=O) groups is 1. The first-order valence-corrected chi connectivity index (χ1v) is 5.27. The van der Waals surface area contributed by atoms with Crippen LogP contribution in [0.1, 0.15) is 5.56 Å². The van der Waals surface area contributed by atoms with Crippen molar-refractivity contribution in [3.05, 3.63) is 39.9 Å². The maximum Gasteiger partial charge on any atom is 0.269 e. The monoisotopic (exact) mass is 320 g/mol. The minimum Gasteiger partial charge on any atom is -0.321 e. The average molecular weight is 320 g/mol. The highest BCUT2D eigenvalue weighted by Crippen LogP contribution is 2.13. The van der Waals surface area contributed by atoms with Gasteiger partial charge in [0.15, 0.2) is 0 Å². The molecule has 6 heteroatoms. The Bertz CT molecular complexity index is 377. The first-order valence-electron chi connectivity index (χ1n) is 4.19. The predicted molar refractivity (Wildman–Crippen MR) is 63.8 cm³/mol. The number of nitro groups is 1. The molecule has 0 aliphatic rings. The molecule has 0 aliphatic carbocycles. The molecule has 1 atom stereocenters. The van der Waals surface area contributed by atoms with E-state index in [-0.39, 0.29) is 9.48 Å². The van der Waals surface area contributed by atoms with Crippen molar-refractivity contribution in [3.63, 3.8) is 0 Å². The van der Waals surface area contributed by atoms with Gasteiger partial charge >= 0.3 is 0 Å². The summed E-state index contributed by atoms with van der Waals surface area (Å²) in [6.45, 7) is 0. The molecule has 0 aliphatic heterocycles. The third-order valence-corrected chi connectivity index (χ3v) is 2.69. The van der Waals surface area contributed by atoms with Crippen molar-refractivity contribution in [2.24, 2.45) is 5.73 Å². The predicted octanol–water partition coefficient (Wildman–Crippen LogP) is 1.43. The maximum absolute atomic E-state index is 10.9. The van der Waals surface area contributed by atoms with Crippen LogP contribution in [0.15, 0.2) is 24.3 Å². The summed E-state index contributed by atoms with van der Waals surface area (Å²) in [5, 5.41) is 10.4. The van der Waals surface area contributed by atoms with E-state index >= 15 is 0 Å². The summed E-state index contributed by atoms with van der Waals surface area (Å²) in [7, 11) is 0. The van der Waals surface area contributed by atoms with Gasteiger partial charge in [0.2, 0.25) is 3.79 Å². The van der Waals surface area contributed by atoms with E-state index in [4.69, 9.17) is 5.73 Å². The van der Waals surface area contributed by atoms with Gasteiger partial charge in [0.05, 0.1) is 11.0 Å². The molecule has 15 heavy (non-hydrogen) atoms. The van der Waals surface area contributed by atoms with Crippen LogP contribution in [0.2, 0.25) is 0 Å². The number of benzene rings is 1. The fourth-order valence-corrected chi connectivity index (χ4v) is 1.31. The highest BCUT2D eigenvalue weighted by molar-refractivity contribution is 14.1. The van der Waals surface area contributed by atoms with Crippen LogP contribution in [0, 0.1) is 10.1 Å². The molecule has 0 bridgehead atoms. The van der Waals surface area contributed by atoms with Crippen molar-refractivity contribution < 1.29 is 9.72 Å². The van der Waals surface area contributed by atoms with Crippen molar-refractivity contribution in [2.75, 3.05) is 0 Å². The summed E-state index contributed by atoms with van der Waals surface area (Å²) in [6, 6.07) is 5.47. The number of non-ortho nitro benzene ring substituents is 1. The molecule has 0 heterocycles. The molecular weight excluding hydrogens is 311 g/mol. The van der Waals surface area contributed by atoms with Gasteiger partial charge in [-0.1, -0.05) is 12.1 Å². The zero-order valence-corrected chi connectivity index (χ0v) is 9.88. The van der Waals surface area contributed by atoms with Crippen LogP contribution in [0.4, 0.5) is 5.69 Å². The molecule has 0 radical (unpaired) electrons. The zero-order chi connectivity index (χ0) is 11.4. The molecule has 1 aromatic rings. The van der Waals surface area contributed by atoms with Gasteiger partial charge in [-0.2, -0.15) is 0 Å². The molecule has 0 saturated heterocycles. The molecule has 5 nitrogen and oxygen atoms in total. The summed E-state index contributed by atoms with van der Waals surface area (Å²) in [4.78, 5) is 20.8. The Morgan fingerprint density at radius 3 is 2.40 bits per heavy atom. The Balaban J connectivity index is 2.72. The van der Waals surface area contributed by atoms with Crippen molar-refractivity contribution in [1.82, 2.24) is 0 Å². The van der Waals surface area contributed by atoms with Gasteiger partial charge in [0, 0.05) is 34.7 Å². The fraction of sp³-hybridized carbons (Fsp3) is 0.222. The van der Waals surface area contributed by atoms with Gasteiger partial charge in [-0.15, -0.1) is 0 Å². The largest absolute Gasteiger partial charge is 0.321 e. The Morgan fingerprint density at radius 2 is 2.00 bits per heavy atom. The van der Waals surface area contributed by atoms with E-state index in [0.717, 1.165) is 5.56 Å². The number of nitrogens with zero attached hydrogens (tertiary/aromatic N) is 1. The van der Waals surface area contributed by atoms with E-state index in [0.29, 0.717) is 6.42 Å². The molecule has 2 N–H and O–H groups in total. The lowest BCUT2D eigenvalue weighted by molar-refractivity contribution is -0.384. The summed E-state index contributed by atoms with van der Waals surface area (Å²) in [5.41, 5.74) is 6.41. The Labute approximate surface area is 99.9 Å². The lowest BCUT2D eigenvalue weighted by Crippen LogP contribution is -2.28. The van der Waals surface area contributed by atoms with E-state index in [2.05, 4.69) is 0 Å². The molecular formula is C9H9IN2O3. The van der Waals surface area contributed by atoms with Gasteiger partial charge in [-0.25, -0.2) is 0 Å². The molecule has 0 fully saturated rings. The van der Waals surface area contributed by atoms with Gasteiger partial charge < -0.3 is 5.73 Å². The average Bonchev–Trinajstić information content (AvgIpc) is 2.18. The number of hydrogen-bond acceptors (Lipinski definition) is 4. The van der Waals surface area contributed by atoms with Crippen LogP contribution in [0.5, 0.6) is 0 Å². The molecule has 0 unspecified atom stereocenters. The number of nitro benzene ring substituents is 1. The number of rotatable bonds is 4. The highest BCUT2D eigenvalue weighted by Gasteiger charge is 2.11. The third kappa shape index (κ3) is 3.56. The van der Waals surface area contributed by atoms with Crippen LogP contribution >= 0.6 is 22.6 Å². The topological polar surface area (TPSA) is 86.2 Å². The van der Waals surface area contributed by atoms with Gasteiger partial charge in [-0.05, 0) is 12.0 Å². The van der Waals surface area contributed by atoms with E-state index in [1.54, 1.807) is 34.7 Å². The summed E-state index contributed by atoms with van der Waals surface area (Å²) in [5.74, 6) is 0. The van der Waals surface area contributed by atoms with Crippen LogP contribution in [0.3, 0.4) is 0 Å². The minimum atomic E-state index is -0.549. The second-order valence-electron chi connectivity index (χ2n) is 3.04. The van der Waals surface area contributed by atoms with Crippen molar-refractivity contribution in [2.45, 2.75) is 12.5 Å². The first-order chi connectivity index (χ1) is 7.00. The smallest absolute Gasteiger partial charge is 0.269 e. The number of nitrogens with two attached hydrogens (primary N) is 1. The third-order valence-electron chi connectivity index (χ3n) is 1.89. The molecule has 0 saturated carbocycles. The zero-order valence-electron chi connectivity index (χ0n) is 7.72. The van der Waals surface area contributed by atoms with Gasteiger partial charge in [-0.3, -0.25) is 14.9 Å². The Kier molecular flexibility index (Phi) is 4.15. The van der Waals surface area contributed by atoms with Gasteiger partial charge in [0.1, 0.15) is 0 Å². The summed E-state index contributed by atoms with van der Waals surface area (Å²) in [6.07, 6.45) is 0.403. The van der Waals surface area contributed by atoms with E-state index in [1.807, 2.05) is 0 Å². The normalized spacial score (nSPS) is 12.1. The fourth-order valence-electron chi connectivity index (χ4n) is 1.09. The Morgan fingerprint density at radius 1 is 1.47 bits per heavy atom. The summed E-state index contributed by atoms with van der Waals surface area (Å²) < 4.78 is -0.119. The van der Waals surface area contributed by atoms with Crippen molar-refractivity contribution in [3.8, 4) is 0 Å². The van der Waals surface area contributed by atoms with E-state index in [1.165, 1.54) is 12.1 Å². The lowest BCUT2D eigenvalue weighted by atomic mass is 10.1. The molecule has 0 aromatic heterocycles. The molecule has 0 spiro atoms.